The summed E-state index contributed by atoms with van der Waals surface area (Å²) in [5.41, 5.74) is 10.8. The Hall–Kier alpha value is -6.12. The third kappa shape index (κ3) is 3.59. The van der Waals surface area contributed by atoms with Gasteiger partial charge in [-0.15, -0.1) is 0 Å². The molecule has 0 saturated carbocycles. The maximum atomic E-state index is 6.44. The molecule has 0 fully saturated rings. The van der Waals surface area contributed by atoms with E-state index in [2.05, 4.69) is 133 Å². The first-order valence-electron chi connectivity index (χ1n) is 15.7. The number of hydrogen-bond donors (Lipinski definition) is 0. The van der Waals surface area contributed by atoms with Gasteiger partial charge in [0.1, 0.15) is 22.3 Å². The van der Waals surface area contributed by atoms with Crippen LogP contribution in [-0.2, 0) is 0 Å². The van der Waals surface area contributed by atoms with Crippen molar-refractivity contribution in [1.82, 2.24) is 0 Å². The molecule has 2 heteroatoms. The second-order valence-corrected chi connectivity index (χ2v) is 12.0. The molecule has 0 bridgehead atoms. The lowest BCUT2D eigenvalue weighted by atomic mass is 9.83. The minimum absolute atomic E-state index is 0.869. The van der Waals surface area contributed by atoms with Crippen molar-refractivity contribution in [3.05, 3.63) is 158 Å². The summed E-state index contributed by atoms with van der Waals surface area (Å²) in [4.78, 5) is 0. The van der Waals surface area contributed by atoms with E-state index in [0.717, 1.165) is 49.4 Å². The van der Waals surface area contributed by atoms with Gasteiger partial charge in [0, 0.05) is 21.5 Å². The number of para-hydroxylation sites is 1. The normalized spacial score (nSPS) is 11.9. The van der Waals surface area contributed by atoms with E-state index in [9.17, 15) is 0 Å². The van der Waals surface area contributed by atoms with Gasteiger partial charge in [0.15, 0.2) is 0 Å². The molecular weight excluding hydrogens is 560 g/mol. The van der Waals surface area contributed by atoms with Gasteiger partial charge in [-0.05, 0) is 85.3 Å². The van der Waals surface area contributed by atoms with Crippen LogP contribution >= 0.6 is 0 Å². The van der Waals surface area contributed by atoms with Crippen molar-refractivity contribution in [2.24, 2.45) is 0 Å². The van der Waals surface area contributed by atoms with Crippen molar-refractivity contribution in [3.63, 3.8) is 0 Å². The van der Waals surface area contributed by atoms with Crippen molar-refractivity contribution in [2.75, 3.05) is 0 Å². The Morgan fingerprint density at radius 3 is 1.43 bits per heavy atom. The van der Waals surface area contributed by atoms with Gasteiger partial charge in [0.25, 0.3) is 0 Å². The van der Waals surface area contributed by atoms with Gasteiger partial charge in [-0.25, -0.2) is 0 Å². The molecule has 10 rings (SSSR count). The minimum atomic E-state index is 0.869. The summed E-state index contributed by atoms with van der Waals surface area (Å²) in [7, 11) is 0. The monoisotopic (exact) mass is 586 g/mol. The second kappa shape index (κ2) is 9.69. The van der Waals surface area contributed by atoms with E-state index in [4.69, 9.17) is 8.83 Å². The van der Waals surface area contributed by atoms with E-state index < -0.39 is 0 Å². The smallest absolute Gasteiger partial charge is 0.136 e. The van der Waals surface area contributed by atoms with Gasteiger partial charge in [-0.1, -0.05) is 127 Å². The Kier molecular flexibility index (Phi) is 5.31. The Bertz CT molecular complexity index is 2740. The number of benzene rings is 8. The van der Waals surface area contributed by atoms with Gasteiger partial charge >= 0.3 is 0 Å². The molecule has 2 nitrogen and oxygen atoms in total. The molecule has 214 valence electrons. The van der Waals surface area contributed by atoms with Crippen LogP contribution in [0.2, 0.25) is 0 Å². The molecule has 0 radical (unpaired) electrons. The highest BCUT2D eigenvalue weighted by Gasteiger charge is 2.21. The van der Waals surface area contributed by atoms with Crippen LogP contribution in [0.5, 0.6) is 0 Å². The molecule has 0 aliphatic rings. The van der Waals surface area contributed by atoms with E-state index in [1.54, 1.807) is 0 Å². The fourth-order valence-electron chi connectivity index (χ4n) is 7.54. The summed E-state index contributed by atoms with van der Waals surface area (Å²) in [5, 5.41) is 9.33. The summed E-state index contributed by atoms with van der Waals surface area (Å²) in [6.45, 7) is 0. The van der Waals surface area contributed by atoms with Crippen LogP contribution in [0.4, 0.5) is 0 Å². The van der Waals surface area contributed by atoms with Gasteiger partial charge in [-0.2, -0.15) is 0 Å². The van der Waals surface area contributed by atoms with Gasteiger partial charge < -0.3 is 8.83 Å². The van der Waals surface area contributed by atoms with Gasteiger partial charge in [0.2, 0.25) is 0 Å². The Morgan fingerprint density at radius 1 is 0.283 bits per heavy atom. The molecule has 10 aromatic rings. The molecule has 46 heavy (non-hydrogen) atoms. The van der Waals surface area contributed by atoms with Crippen LogP contribution in [0, 0.1) is 0 Å². The van der Waals surface area contributed by atoms with Crippen LogP contribution in [-0.4, -0.2) is 0 Å². The topological polar surface area (TPSA) is 26.3 Å². The van der Waals surface area contributed by atoms with Crippen molar-refractivity contribution >= 4 is 65.4 Å². The SMILES string of the molecule is c1ccc(-c2ccccc2-c2c3ccccc3c(-c3ccc4oc5ccc6oc7ccccc7c6c5c4c3)c3ccccc23)cc1. The van der Waals surface area contributed by atoms with E-state index >= 15 is 0 Å². The molecule has 0 saturated heterocycles. The predicted molar refractivity (Wildman–Crippen MR) is 192 cm³/mol. The molecule has 0 atom stereocenters. The third-order valence-corrected chi connectivity index (χ3v) is 9.48. The van der Waals surface area contributed by atoms with Crippen LogP contribution in [0.15, 0.2) is 167 Å². The number of fused-ring (bicyclic) bond motifs is 9. The lowest BCUT2D eigenvalue weighted by Gasteiger charge is -2.19. The Morgan fingerprint density at radius 2 is 0.761 bits per heavy atom. The standard InChI is InChI=1S/C44H26O2/c1-2-12-27(13-3-1)29-14-4-5-15-30(29)42-33-18-8-6-16-31(33)41(32-17-7-9-19-34(32)42)28-22-23-38-36(26-28)44-40(46-38)25-24-39-43(44)35-20-10-11-21-37(35)45-39/h1-26H. The summed E-state index contributed by atoms with van der Waals surface area (Å²) < 4.78 is 12.7. The third-order valence-electron chi connectivity index (χ3n) is 9.48. The second-order valence-electron chi connectivity index (χ2n) is 12.0. The molecule has 0 amide bonds. The maximum Gasteiger partial charge on any atom is 0.136 e. The summed E-state index contributed by atoms with van der Waals surface area (Å²) in [6, 6.07) is 56.1. The number of hydrogen-bond acceptors (Lipinski definition) is 2. The van der Waals surface area contributed by atoms with E-state index in [-0.39, 0.29) is 0 Å². The van der Waals surface area contributed by atoms with Gasteiger partial charge in [0.05, 0.1) is 0 Å². The summed E-state index contributed by atoms with van der Waals surface area (Å²) in [6.07, 6.45) is 0. The average Bonchev–Trinajstić information content (AvgIpc) is 3.68. The lowest BCUT2D eigenvalue weighted by molar-refractivity contribution is 0.663. The zero-order valence-corrected chi connectivity index (χ0v) is 24.8. The molecule has 8 aromatic carbocycles. The van der Waals surface area contributed by atoms with Crippen molar-refractivity contribution in [1.29, 1.82) is 0 Å². The van der Waals surface area contributed by atoms with Crippen molar-refractivity contribution < 1.29 is 8.83 Å². The number of furan rings is 2. The van der Waals surface area contributed by atoms with E-state index in [1.165, 1.54) is 49.4 Å². The highest BCUT2D eigenvalue weighted by Crippen LogP contribution is 2.47. The van der Waals surface area contributed by atoms with Crippen LogP contribution in [0.1, 0.15) is 0 Å². The predicted octanol–water partition coefficient (Wildman–Crippen LogP) is 12.8. The van der Waals surface area contributed by atoms with Crippen LogP contribution in [0.25, 0.3) is 98.8 Å². The average molecular weight is 587 g/mol. The first-order chi connectivity index (χ1) is 22.8. The summed E-state index contributed by atoms with van der Waals surface area (Å²) >= 11 is 0. The van der Waals surface area contributed by atoms with Crippen LogP contribution < -0.4 is 0 Å². The molecular formula is C44H26O2. The maximum absolute atomic E-state index is 6.44. The van der Waals surface area contributed by atoms with Crippen molar-refractivity contribution in [2.45, 2.75) is 0 Å². The number of rotatable bonds is 3. The molecule has 2 heterocycles. The zero-order chi connectivity index (χ0) is 30.2. The van der Waals surface area contributed by atoms with Gasteiger partial charge in [-0.3, -0.25) is 0 Å². The highest BCUT2D eigenvalue weighted by molar-refractivity contribution is 6.27. The zero-order valence-electron chi connectivity index (χ0n) is 24.8. The van der Waals surface area contributed by atoms with E-state index in [1.807, 2.05) is 24.3 Å². The molecule has 0 aliphatic heterocycles. The first-order valence-corrected chi connectivity index (χ1v) is 15.7. The molecule has 0 aliphatic carbocycles. The molecule has 2 aromatic heterocycles. The minimum Gasteiger partial charge on any atom is -0.456 e. The van der Waals surface area contributed by atoms with E-state index in [0.29, 0.717) is 0 Å². The Labute approximate surface area is 264 Å². The van der Waals surface area contributed by atoms with Crippen molar-refractivity contribution in [3.8, 4) is 33.4 Å². The Balaban J connectivity index is 1.31. The highest BCUT2D eigenvalue weighted by atomic mass is 16.3. The fraction of sp³-hybridized carbons (Fsp3) is 0. The van der Waals surface area contributed by atoms with Crippen LogP contribution in [0.3, 0.4) is 0 Å². The molecule has 0 unspecified atom stereocenters. The lowest BCUT2D eigenvalue weighted by Crippen LogP contribution is -1.92. The summed E-state index contributed by atoms with van der Waals surface area (Å²) in [5.74, 6) is 0. The molecule has 0 N–H and O–H groups in total. The fourth-order valence-corrected chi connectivity index (χ4v) is 7.54. The molecule has 0 spiro atoms. The largest absolute Gasteiger partial charge is 0.456 e. The first kappa shape index (κ1) is 25.2. The quantitative estimate of drug-likeness (QED) is 0.193.